The number of fused-ring (bicyclic) bond motifs is 1. The van der Waals surface area contributed by atoms with Crippen molar-refractivity contribution in [2.75, 3.05) is 18.3 Å². The molecule has 0 fully saturated rings. The number of carbonyl (C=O) groups is 1. The first kappa shape index (κ1) is 20.3. The Morgan fingerprint density at radius 2 is 1.19 bits per heavy atom. The zero-order valence-corrected chi connectivity index (χ0v) is 18.4. The average molecular weight is 440 g/mol. The van der Waals surface area contributed by atoms with Gasteiger partial charge in [0.05, 0.1) is 0 Å². The minimum absolute atomic E-state index is 0.0336. The van der Waals surface area contributed by atoms with Gasteiger partial charge in [0.25, 0.3) is 5.91 Å². The lowest BCUT2D eigenvalue weighted by Crippen LogP contribution is -2.37. The first-order chi connectivity index (χ1) is 15.8. The largest absolute Gasteiger partial charge is 0.454 e. The molecule has 0 unspecified atom stereocenters. The molecule has 1 heterocycles. The van der Waals surface area contributed by atoms with Crippen molar-refractivity contribution >= 4 is 34.8 Å². The van der Waals surface area contributed by atoms with E-state index in [0.29, 0.717) is 23.3 Å². The molecule has 0 spiro atoms. The van der Waals surface area contributed by atoms with Gasteiger partial charge in [-0.3, -0.25) is 4.79 Å². The Hall–Kier alpha value is -3.62. The van der Waals surface area contributed by atoms with Crippen LogP contribution in [0.2, 0.25) is 0 Å². The highest BCUT2D eigenvalue weighted by Gasteiger charge is 2.47. The van der Waals surface area contributed by atoms with E-state index in [1.54, 1.807) is 0 Å². The molecule has 0 aromatic heterocycles. The first-order valence-corrected chi connectivity index (χ1v) is 12.5. The van der Waals surface area contributed by atoms with E-state index in [0.717, 1.165) is 0 Å². The molecule has 32 heavy (non-hydrogen) atoms. The second-order valence-electron chi connectivity index (χ2n) is 7.59. The Morgan fingerprint density at radius 1 is 0.688 bits per heavy atom. The van der Waals surface area contributed by atoms with E-state index < -0.39 is 7.26 Å². The number of benzene rings is 4. The van der Waals surface area contributed by atoms with Crippen LogP contribution >= 0.6 is 7.26 Å². The van der Waals surface area contributed by atoms with Gasteiger partial charge < -0.3 is 14.8 Å². The summed E-state index contributed by atoms with van der Waals surface area (Å²) in [5, 5.41) is 6.63. The summed E-state index contributed by atoms with van der Waals surface area (Å²) < 4.78 is 10.8. The fourth-order valence-corrected chi connectivity index (χ4v) is 8.15. The third-order valence-electron chi connectivity index (χ3n) is 5.63. The fourth-order valence-electron chi connectivity index (χ4n) is 4.16. The normalized spacial score (nSPS) is 12.4. The molecule has 5 rings (SSSR count). The third-order valence-corrected chi connectivity index (χ3v) is 9.93. The van der Waals surface area contributed by atoms with E-state index >= 15 is 0 Å². The van der Waals surface area contributed by atoms with E-state index in [4.69, 9.17) is 9.47 Å². The molecular formula is C27H23NO3P+. The van der Waals surface area contributed by atoms with E-state index in [1.807, 2.05) is 72.8 Å². The van der Waals surface area contributed by atoms with Crippen molar-refractivity contribution in [2.24, 2.45) is 0 Å². The predicted octanol–water partition coefficient (Wildman–Crippen LogP) is 4.35. The molecule has 4 aromatic carbocycles. The standard InChI is InChI=1S/C27H22NO3P/c29-27(28-21-16-17-25-26(18-21)31-20-30-25)19-32(22-10-4-1-5-11-22,23-12-6-2-7-13-23)24-14-8-3-9-15-24/h1-18H,19-20H2/p+1. The van der Waals surface area contributed by atoms with Crippen molar-refractivity contribution < 1.29 is 14.3 Å². The highest BCUT2D eigenvalue weighted by Crippen LogP contribution is 2.55. The maximum Gasteiger partial charge on any atom is 0.263 e. The Bertz CT molecular complexity index is 1120. The molecule has 1 amide bonds. The van der Waals surface area contributed by atoms with Gasteiger partial charge in [-0.2, -0.15) is 0 Å². The van der Waals surface area contributed by atoms with Gasteiger partial charge in [0.1, 0.15) is 23.2 Å². The molecular weight excluding hydrogens is 417 g/mol. The molecule has 0 bridgehead atoms. The molecule has 0 atom stereocenters. The number of carbonyl (C=O) groups excluding carboxylic acids is 1. The second kappa shape index (κ2) is 8.86. The predicted molar refractivity (Wildman–Crippen MR) is 131 cm³/mol. The van der Waals surface area contributed by atoms with E-state index in [1.165, 1.54) is 15.9 Å². The molecule has 1 aliphatic rings. The number of hydrogen-bond acceptors (Lipinski definition) is 3. The van der Waals surface area contributed by atoms with Gasteiger partial charge in [-0.15, -0.1) is 0 Å². The molecule has 0 saturated heterocycles. The number of rotatable bonds is 6. The van der Waals surface area contributed by atoms with Crippen molar-refractivity contribution in [1.82, 2.24) is 0 Å². The zero-order chi connectivity index (χ0) is 21.8. The SMILES string of the molecule is O=C(C[P+](c1ccccc1)(c1ccccc1)c1ccccc1)Nc1ccc2c(c1)OCO2. The minimum atomic E-state index is -2.23. The third kappa shape index (κ3) is 3.86. The Kier molecular flexibility index (Phi) is 5.62. The van der Waals surface area contributed by atoms with Gasteiger partial charge in [0.15, 0.2) is 17.7 Å². The number of ether oxygens (including phenoxy) is 2. The maximum absolute atomic E-state index is 13.5. The van der Waals surface area contributed by atoms with Crippen LogP contribution in [0.15, 0.2) is 109 Å². The van der Waals surface area contributed by atoms with E-state index in [9.17, 15) is 4.79 Å². The molecule has 1 aliphatic heterocycles. The fraction of sp³-hybridized carbons (Fsp3) is 0.0741. The summed E-state index contributed by atoms with van der Waals surface area (Å²) in [4.78, 5) is 13.5. The molecule has 0 aliphatic carbocycles. The monoisotopic (exact) mass is 440 g/mol. The number of nitrogens with one attached hydrogen (secondary N) is 1. The lowest BCUT2D eigenvalue weighted by molar-refractivity contribution is -0.113. The van der Waals surface area contributed by atoms with Crippen LogP contribution in [-0.2, 0) is 4.79 Å². The highest BCUT2D eigenvalue weighted by atomic mass is 31.2. The molecule has 0 radical (unpaired) electrons. The average Bonchev–Trinajstić information content (AvgIpc) is 3.32. The highest BCUT2D eigenvalue weighted by molar-refractivity contribution is 7.96. The number of amides is 1. The van der Waals surface area contributed by atoms with Crippen LogP contribution < -0.4 is 30.7 Å². The molecule has 4 nitrogen and oxygen atoms in total. The van der Waals surface area contributed by atoms with E-state index in [2.05, 4.69) is 41.7 Å². The van der Waals surface area contributed by atoms with Crippen LogP contribution in [0.1, 0.15) is 0 Å². The number of anilines is 1. The Morgan fingerprint density at radius 3 is 1.72 bits per heavy atom. The minimum Gasteiger partial charge on any atom is -0.454 e. The van der Waals surface area contributed by atoms with Crippen LogP contribution in [0.3, 0.4) is 0 Å². The lowest BCUT2D eigenvalue weighted by atomic mass is 10.3. The van der Waals surface area contributed by atoms with Crippen molar-refractivity contribution in [3.8, 4) is 11.5 Å². The smallest absolute Gasteiger partial charge is 0.263 e. The van der Waals surface area contributed by atoms with Crippen molar-refractivity contribution in [3.05, 3.63) is 109 Å². The zero-order valence-electron chi connectivity index (χ0n) is 17.5. The quantitative estimate of drug-likeness (QED) is 0.454. The van der Waals surface area contributed by atoms with Crippen molar-refractivity contribution in [3.63, 3.8) is 0 Å². The van der Waals surface area contributed by atoms with Crippen molar-refractivity contribution in [2.45, 2.75) is 0 Å². The summed E-state index contributed by atoms with van der Waals surface area (Å²) in [6.45, 7) is 0.206. The van der Waals surface area contributed by atoms with Crippen LogP contribution in [0.4, 0.5) is 5.69 Å². The van der Waals surface area contributed by atoms with Gasteiger partial charge in [0, 0.05) is 11.8 Å². The van der Waals surface area contributed by atoms with Crippen LogP contribution in [-0.4, -0.2) is 18.9 Å². The molecule has 158 valence electrons. The van der Waals surface area contributed by atoms with Crippen molar-refractivity contribution in [1.29, 1.82) is 0 Å². The van der Waals surface area contributed by atoms with Gasteiger partial charge >= 0.3 is 0 Å². The Labute approximate surface area is 188 Å². The van der Waals surface area contributed by atoms with Gasteiger partial charge in [-0.25, -0.2) is 0 Å². The molecule has 5 heteroatoms. The summed E-state index contributed by atoms with van der Waals surface area (Å²) in [6, 6.07) is 36.7. The summed E-state index contributed by atoms with van der Waals surface area (Å²) in [5.74, 6) is 1.31. The van der Waals surface area contributed by atoms with Crippen LogP contribution in [0, 0.1) is 0 Å². The summed E-state index contributed by atoms with van der Waals surface area (Å²) >= 11 is 0. The summed E-state index contributed by atoms with van der Waals surface area (Å²) in [7, 11) is -2.23. The molecule has 0 saturated carbocycles. The van der Waals surface area contributed by atoms with Crippen LogP contribution in [0.25, 0.3) is 0 Å². The van der Waals surface area contributed by atoms with Gasteiger partial charge in [0.2, 0.25) is 6.79 Å². The molecule has 4 aromatic rings. The maximum atomic E-state index is 13.5. The first-order valence-electron chi connectivity index (χ1n) is 10.5. The van der Waals surface area contributed by atoms with Crippen LogP contribution in [0.5, 0.6) is 11.5 Å². The van der Waals surface area contributed by atoms with Gasteiger partial charge in [-0.05, 0) is 48.5 Å². The topological polar surface area (TPSA) is 47.6 Å². The number of hydrogen-bond donors (Lipinski definition) is 1. The Balaban J connectivity index is 1.57. The summed E-state index contributed by atoms with van der Waals surface area (Å²) in [6.07, 6.45) is 0.361. The lowest BCUT2D eigenvalue weighted by Gasteiger charge is -2.27. The molecule has 1 N–H and O–H groups in total. The van der Waals surface area contributed by atoms with E-state index in [-0.39, 0.29) is 12.7 Å². The van der Waals surface area contributed by atoms with Gasteiger partial charge in [-0.1, -0.05) is 54.6 Å². The summed E-state index contributed by atoms with van der Waals surface area (Å²) in [5.41, 5.74) is 0.700. The second-order valence-corrected chi connectivity index (χ2v) is 11.1.